The van der Waals surface area contributed by atoms with Crippen LogP contribution in [0, 0.1) is 0 Å². The highest BCUT2D eigenvalue weighted by molar-refractivity contribution is 5.39. The Kier molecular flexibility index (Phi) is 4.43. The average molecular weight is 210 g/mol. The summed E-state index contributed by atoms with van der Waals surface area (Å²) in [6.07, 6.45) is 1.25. The van der Waals surface area contributed by atoms with E-state index in [1.54, 1.807) is 20.3 Å². The van der Waals surface area contributed by atoms with Crippen LogP contribution in [0.3, 0.4) is 0 Å². The minimum absolute atomic E-state index is 0.445. The van der Waals surface area contributed by atoms with Gasteiger partial charge in [-0.05, 0) is 24.1 Å². The Hall–Kier alpha value is -1.22. The summed E-state index contributed by atoms with van der Waals surface area (Å²) in [5.74, 6) is 1.42. The molecule has 0 amide bonds. The molecule has 0 bridgehead atoms. The van der Waals surface area contributed by atoms with Crippen molar-refractivity contribution >= 4 is 0 Å². The second-order valence-corrected chi connectivity index (χ2v) is 3.45. The summed E-state index contributed by atoms with van der Waals surface area (Å²) in [5.41, 5.74) is 0.841. The van der Waals surface area contributed by atoms with E-state index in [1.807, 2.05) is 19.1 Å². The van der Waals surface area contributed by atoms with Crippen LogP contribution in [0.4, 0.5) is 0 Å². The van der Waals surface area contributed by atoms with Crippen molar-refractivity contribution in [2.45, 2.75) is 25.9 Å². The van der Waals surface area contributed by atoms with Crippen LogP contribution in [-0.2, 0) is 0 Å². The fraction of sp³-hybridized carbons (Fsp3) is 0.500. The molecule has 0 radical (unpaired) electrons. The third kappa shape index (κ3) is 3.13. The number of ether oxygens (including phenoxy) is 2. The van der Waals surface area contributed by atoms with Crippen molar-refractivity contribution < 1.29 is 14.6 Å². The van der Waals surface area contributed by atoms with Gasteiger partial charge >= 0.3 is 0 Å². The molecular formula is C12H18O3. The Morgan fingerprint density at radius 1 is 1.13 bits per heavy atom. The molecular weight excluding hydrogens is 192 g/mol. The summed E-state index contributed by atoms with van der Waals surface area (Å²) in [4.78, 5) is 0. The van der Waals surface area contributed by atoms with E-state index in [1.165, 1.54) is 0 Å². The molecule has 1 rings (SSSR count). The largest absolute Gasteiger partial charge is 0.497 e. The molecule has 0 aliphatic heterocycles. The van der Waals surface area contributed by atoms with Gasteiger partial charge in [-0.25, -0.2) is 0 Å². The molecule has 1 aromatic carbocycles. The normalized spacial score (nSPS) is 12.3. The highest BCUT2D eigenvalue weighted by atomic mass is 16.5. The molecule has 0 saturated carbocycles. The Bertz CT molecular complexity index is 287. The van der Waals surface area contributed by atoms with Gasteiger partial charge in [-0.1, -0.05) is 13.3 Å². The van der Waals surface area contributed by atoms with E-state index in [0.29, 0.717) is 11.5 Å². The number of aliphatic hydroxyl groups excluding tert-OH is 1. The van der Waals surface area contributed by atoms with Gasteiger partial charge in [-0.15, -0.1) is 0 Å². The maximum absolute atomic E-state index is 9.85. The Labute approximate surface area is 90.6 Å². The molecule has 3 heteroatoms. The maximum Gasteiger partial charge on any atom is 0.122 e. The monoisotopic (exact) mass is 210 g/mol. The second kappa shape index (κ2) is 5.61. The van der Waals surface area contributed by atoms with Gasteiger partial charge in [0.1, 0.15) is 11.5 Å². The minimum atomic E-state index is -0.445. The first-order valence-electron chi connectivity index (χ1n) is 5.12. The smallest absolute Gasteiger partial charge is 0.122 e. The molecule has 0 aliphatic carbocycles. The summed E-state index contributed by atoms with van der Waals surface area (Å²) < 4.78 is 10.3. The summed E-state index contributed by atoms with van der Waals surface area (Å²) in [6.45, 7) is 2.04. The predicted octanol–water partition coefficient (Wildman–Crippen LogP) is 2.54. The quantitative estimate of drug-likeness (QED) is 0.811. The predicted molar refractivity (Wildman–Crippen MR) is 59.4 cm³/mol. The second-order valence-electron chi connectivity index (χ2n) is 3.45. The highest BCUT2D eigenvalue weighted by Crippen LogP contribution is 2.28. The lowest BCUT2D eigenvalue weighted by Gasteiger charge is -2.12. The summed E-state index contributed by atoms with van der Waals surface area (Å²) in [6, 6.07) is 5.47. The van der Waals surface area contributed by atoms with E-state index in [-0.39, 0.29) is 0 Å². The lowest BCUT2D eigenvalue weighted by molar-refractivity contribution is 0.165. The zero-order chi connectivity index (χ0) is 11.3. The topological polar surface area (TPSA) is 38.7 Å². The fourth-order valence-corrected chi connectivity index (χ4v) is 1.46. The number of benzene rings is 1. The van der Waals surface area contributed by atoms with E-state index in [2.05, 4.69) is 0 Å². The van der Waals surface area contributed by atoms with Crippen LogP contribution in [0.5, 0.6) is 11.5 Å². The molecule has 1 N–H and O–H groups in total. The molecule has 0 saturated heterocycles. The Morgan fingerprint density at radius 3 is 2.07 bits per heavy atom. The van der Waals surface area contributed by atoms with Crippen molar-refractivity contribution in [3.8, 4) is 11.5 Å². The van der Waals surface area contributed by atoms with Crippen LogP contribution in [0.1, 0.15) is 31.4 Å². The highest BCUT2D eigenvalue weighted by Gasteiger charge is 2.09. The van der Waals surface area contributed by atoms with Crippen molar-refractivity contribution in [3.05, 3.63) is 23.8 Å². The van der Waals surface area contributed by atoms with Crippen LogP contribution in [0.15, 0.2) is 18.2 Å². The van der Waals surface area contributed by atoms with Crippen molar-refractivity contribution in [2.75, 3.05) is 14.2 Å². The molecule has 84 valence electrons. The Morgan fingerprint density at radius 2 is 1.67 bits per heavy atom. The van der Waals surface area contributed by atoms with Crippen molar-refractivity contribution in [1.82, 2.24) is 0 Å². The number of hydrogen-bond donors (Lipinski definition) is 1. The number of methoxy groups -OCH3 is 2. The van der Waals surface area contributed by atoms with Gasteiger partial charge in [0.15, 0.2) is 0 Å². The molecule has 0 aromatic heterocycles. The van der Waals surface area contributed by atoms with E-state index in [0.717, 1.165) is 18.4 Å². The third-order valence-electron chi connectivity index (χ3n) is 2.32. The van der Waals surface area contributed by atoms with Crippen molar-refractivity contribution in [3.63, 3.8) is 0 Å². The lowest BCUT2D eigenvalue weighted by atomic mass is 10.0. The Balaban J connectivity index is 2.95. The number of aliphatic hydroxyl groups is 1. The van der Waals surface area contributed by atoms with Crippen LogP contribution >= 0.6 is 0 Å². The molecule has 1 atom stereocenters. The molecule has 1 aromatic rings. The van der Waals surface area contributed by atoms with Gasteiger partial charge in [0.2, 0.25) is 0 Å². The zero-order valence-electron chi connectivity index (χ0n) is 9.49. The summed E-state index contributed by atoms with van der Waals surface area (Å²) in [7, 11) is 3.20. The SMILES string of the molecule is CCC[C@H](O)c1cc(OC)cc(OC)c1. The van der Waals surface area contributed by atoms with Crippen molar-refractivity contribution in [2.24, 2.45) is 0 Å². The van der Waals surface area contributed by atoms with Crippen molar-refractivity contribution in [1.29, 1.82) is 0 Å². The third-order valence-corrected chi connectivity index (χ3v) is 2.32. The average Bonchev–Trinajstić information content (AvgIpc) is 2.28. The zero-order valence-corrected chi connectivity index (χ0v) is 9.49. The van der Waals surface area contributed by atoms with Crippen LogP contribution < -0.4 is 9.47 Å². The number of hydrogen-bond acceptors (Lipinski definition) is 3. The first-order chi connectivity index (χ1) is 7.21. The number of rotatable bonds is 5. The lowest BCUT2D eigenvalue weighted by Crippen LogP contribution is -1.98. The molecule has 15 heavy (non-hydrogen) atoms. The first kappa shape index (κ1) is 11.9. The van der Waals surface area contributed by atoms with Gasteiger partial charge < -0.3 is 14.6 Å². The van der Waals surface area contributed by atoms with E-state index < -0.39 is 6.10 Å². The first-order valence-corrected chi connectivity index (χ1v) is 5.12. The maximum atomic E-state index is 9.85. The van der Waals surface area contributed by atoms with Gasteiger partial charge in [0, 0.05) is 6.07 Å². The minimum Gasteiger partial charge on any atom is -0.497 e. The summed E-state index contributed by atoms with van der Waals surface area (Å²) in [5, 5.41) is 9.85. The molecule has 3 nitrogen and oxygen atoms in total. The van der Waals surface area contributed by atoms with Crippen LogP contribution in [0.25, 0.3) is 0 Å². The fourth-order valence-electron chi connectivity index (χ4n) is 1.46. The molecule has 0 aliphatic rings. The van der Waals surface area contributed by atoms with Crippen LogP contribution in [0.2, 0.25) is 0 Å². The van der Waals surface area contributed by atoms with E-state index in [9.17, 15) is 5.11 Å². The van der Waals surface area contributed by atoms with Gasteiger partial charge in [-0.3, -0.25) is 0 Å². The molecule has 0 spiro atoms. The van der Waals surface area contributed by atoms with Gasteiger partial charge in [-0.2, -0.15) is 0 Å². The van der Waals surface area contributed by atoms with E-state index in [4.69, 9.17) is 9.47 Å². The molecule has 0 heterocycles. The van der Waals surface area contributed by atoms with E-state index >= 15 is 0 Å². The van der Waals surface area contributed by atoms with Gasteiger partial charge in [0.25, 0.3) is 0 Å². The standard InChI is InChI=1S/C12H18O3/c1-4-5-12(13)9-6-10(14-2)8-11(7-9)15-3/h6-8,12-13H,4-5H2,1-3H3/t12-/m0/s1. The van der Waals surface area contributed by atoms with Gasteiger partial charge in [0.05, 0.1) is 20.3 Å². The summed E-state index contributed by atoms with van der Waals surface area (Å²) >= 11 is 0. The van der Waals surface area contributed by atoms with Crippen LogP contribution in [-0.4, -0.2) is 19.3 Å². The molecule has 0 unspecified atom stereocenters. The molecule has 0 fully saturated rings.